The third kappa shape index (κ3) is 7.47. The number of hydrogen-bond donors (Lipinski definition) is 3. The summed E-state index contributed by atoms with van der Waals surface area (Å²) in [5.74, 6) is 0. The molecule has 0 fully saturated rings. The molecule has 5 nitrogen and oxygen atoms in total. The molecule has 0 aliphatic rings. The van der Waals surface area contributed by atoms with Crippen molar-refractivity contribution in [1.29, 1.82) is 0 Å². The lowest BCUT2D eigenvalue weighted by atomic mass is 10.2. The van der Waals surface area contributed by atoms with Gasteiger partial charge in [0.1, 0.15) is 5.60 Å². The number of nitrogens with one attached hydrogen (secondary N) is 3. The first-order chi connectivity index (χ1) is 10.2. The highest BCUT2D eigenvalue weighted by molar-refractivity contribution is 7.80. The number of aryl methyl sites for hydroxylation is 1. The van der Waals surface area contributed by atoms with Crippen LogP contribution in [0.1, 0.15) is 26.3 Å². The molecule has 22 heavy (non-hydrogen) atoms. The van der Waals surface area contributed by atoms with Crippen LogP contribution in [0, 0.1) is 6.92 Å². The van der Waals surface area contributed by atoms with Crippen molar-refractivity contribution in [3.63, 3.8) is 0 Å². The molecule has 1 rings (SSSR count). The third-order valence-corrected chi connectivity index (χ3v) is 3.16. The lowest BCUT2D eigenvalue weighted by Crippen LogP contribution is -2.39. The van der Waals surface area contributed by atoms with Gasteiger partial charge in [0.15, 0.2) is 5.11 Å². The average Bonchev–Trinajstić information content (AvgIpc) is 2.37. The summed E-state index contributed by atoms with van der Waals surface area (Å²) >= 11 is 11.2. The first-order valence-corrected chi connectivity index (χ1v) is 7.74. The highest BCUT2D eigenvalue weighted by Crippen LogP contribution is 2.19. The van der Waals surface area contributed by atoms with Crippen LogP contribution in [0.25, 0.3) is 0 Å². The van der Waals surface area contributed by atoms with Gasteiger partial charge in [-0.2, -0.15) is 0 Å². The van der Waals surface area contributed by atoms with Crippen LogP contribution in [-0.2, 0) is 4.74 Å². The summed E-state index contributed by atoms with van der Waals surface area (Å²) in [4.78, 5) is 11.4. The second-order valence-electron chi connectivity index (χ2n) is 5.77. The number of amides is 1. The fourth-order valence-corrected chi connectivity index (χ4v) is 1.90. The Hall–Kier alpha value is -1.53. The van der Waals surface area contributed by atoms with Gasteiger partial charge in [-0.15, -0.1) is 0 Å². The van der Waals surface area contributed by atoms with E-state index in [1.165, 1.54) is 0 Å². The minimum atomic E-state index is -0.501. The monoisotopic (exact) mass is 343 g/mol. The van der Waals surface area contributed by atoms with E-state index in [1.54, 1.807) is 0 Å². The predicted octanol–water partition coefficient (Wildman–Crippen LogP) is 3.46. The SMILES string of the molecule is Cc1ccc(NC(=S)NCCNC(=O)OC(C)(C)C)cc1Cl. The number of halogens is 1. The van der Waals surface area contributed by atoms with Crippen molar-refractivity contribution in [2.75, 3.05) is 18.4 Å². The Balaban J connectivity index is 2.26. The summed E-state index contributed by atoms with van der Waals surface area (Å²) in [5.41, 5.74) is 1.32. The number of hydrogen-bond acceptors (Lipinski definition) is 3. The molecule has 0 heterocycles. The van der Waals surface area contributed by atoms with E-state index in [-0.39, 0.29) is 0 Å². The standard InChI is InChI=1S/C15H22ClN3O2S/c1-10-5-6-11(9-12(10)16)19-13(22)17-7-8-18-14(20)21-15(2,3)4/h5-6,9H,7-8H2,1-4H3,(H,18,20)(H2,17,19,22). The van der Waals surface area contributed by atoms with E-state index in [0.29, 0.717) is 23.2 Å². The van der Waals surface area contributed by atoms with Gasteiger partial charge in [0.25, 0.3) is 0 Å². The highest BCUT2D eigenvalue weighted by atomic mass is 35.5. The Kier molecular flexibility index (Phi) is 6.90. The number of thiocarbonyl (C=S) groups is 1. The molecular weight excluding hydrogens is 322 g/mol. The largest absolute Gasteiger partial charge is 0.444 e. The molecular formula is C15H22ClN3O2S. The molecule has 3 N–H and O–H groups in total. The maximum Gasteiger partial charge on any atom is 0.407 e. The smallest absolute Gasteiger partial charge is 0.407 e. The Morgan fingerprint density at radius 3 is 2.50 bits per heavy atom. The van der Waals surface area contributed by atoms with Gasteiger partial charge in [-0.1, -0.05) is 17.7 Å². The Morgan fingerprint density at radius 1 is 1.27 bits per heavy atom. The molecule has 1 aromatic carbocycles. The molecule has 0 unspecified atom stereocenters. The van der Waals surface area contributed by atoms with E-state index in [2.05, 4.69) is 16.0 Å². The number of alkyl carbamates (subject to hydrolysis) is 1. The quantitative estimate of drug-likeness (QED) is 0.577. The maximum absolute atomic E-state index is 11.4. The van der Waals surface area contributed by atoms with Crippen LogP contribution < -0.4 is 16.0 Å². The summed E-state index contributed by atoms with van der Waals surface area (Å²) in [7, 11) is 0. The van der Waals surface area contributed by atoms with Crippen molar-refractivity contribution in [3.8, 4) is 0 Å². The van der Waals surface area contributed by atoms with Crippen molar-refractivity contribution in [2.45, 2.75) is 33.3 Å². The molecule has 1 aromatic rings. The predicted molar refractivity (Wildman–Crippen MR) is 94.6 cm³/mol. The molecule has 1 amide bonds. The van der Waals surface area contributed by atoms with Crippen LogP contribution in [0.15, 0.2) is 18.2 Å². The molecule has 0 radical (unpaired) electrons. The normalized spacial score (nSPS) is 10.8. The van der Waals surface area contributed by atoms with Crippen LogP contribution in [0.5, 0.6) is 0 Å². The molecule has 122 valence electrons. The van der Waals surface area contributed by atoms with Crippen LogP contribution in [0.2, 0.25) is 5.02 Å². The highest BCUT2D eigenvalue weighted by Gasteiger charge is 2.15. The molecule has 0 atom stereocenters. The van der Waals surface area contributed by atoms with E-state index in [0.717, 1.165) is 11.3 Å². The Morgan fingerprint density at radius 2 is 1.91 bits per heavy atom. The Bertz CT molecular complexity index is 544. The summed E-state index contributed by atoms with van der Waals surface area (Å²) in [5, 5.41) is 9.81. The van der Waals surface area contributed by atoms with E-state index >= 15 is 0 Å². The lowest BCUT2D eigenvalue weighted by molar-refractivity contribution is 0.0529. The molecule has 0 saturated heterocycles. The van der Waals surface area contributed by atoms with Crippen LogP contribution in [0.4, 0.5) is 10.5 Å². The van der Waals surface area contributed by atoms with Crippen molar-refractivity contribution in [3.05, 3.63) is 28.8 Å². The molecule has 0 spiro atoms. The van der Waals surface area contributed by atoms with Gasteiger partial charge >= 0.3 is 6.09 Å². The van der Waals surface area contributed by atoms with Crippen LogP contribution in [0.3, 0.4) is 0 Å². The zero-order valence-electron chi connectivity index (χ0n) is 13.2. The molecule has 0 aliphatic heterocycles. The minimum Gasteiger partial charge on any atom is -0.444 e. The minimum absolute atomic E-state index is 0.408. The van der Waals surface area contributed by atoms with E-state index in [1.807, 2.05) is 45.9 Å². The van der Waals surface area contributed by atoms with Gasteiger partial charge in [-0.25, -0.2) is 4.79 Å². The zero-order chi connectivity index (χ0) is 16.8. The number of benzene rings is 1. The van der Waals surface area contributed by atoms with Crippen LogP contribution in [-0.4, -0.2) is 29.9 Å². The van der Waals surface area contributed by atoms with Crippen molar-refractivity contribution >= 4 is 40.7 Å². The fraction of sp³-hybridized carbons (Fsp3) is 0.467. The number of carbonyl (C=O) groups is 1. The van der Waals surface area contributed by atoms with Crippen molar-refractivity contribution < 1.29 is 9.53 Å². The summed E-state index contributed by atoms with van der Waals surface area (Å²) in [6, 6.07) is 5.62. The van der Waals surface area contributed by atoms with E-state index < -0.39 is 11.7 Å². The van der Waals surface area contributed by atoms with Gasteiger partial charge in [0, 0.05) is 23.8 Å². The first-order valence-electron chi connectivity index (χ1n) is 6.95. The van der Waals surface area contributed by atoms with Crippen molar-refractivity contribution in [1.82, 2.24) is 10.6 Å². The maximum atomic E-state index is 11.4. The zero-order valence-corrected chi connectivity index (χ0v) is 14.8. The first kappa shape index (κ1) is 18.5. The topological polar surface area (TPSA) is 62.4 Å². The fourth-order valence-electron chi connectivity index (χ4n) is 1.50. The molecule has 0 saturated carbocycles. The summed E-state index contributed by atoms with van der Waals surface area (Å²) in [6.07, 6.45) is -0.446. The summed E-state index contributed by atoms with van der Waals surface area (Å²) < 4.78 is 5.12. The van der Waals surface area contributed by atoms with E-state index in [4.69, 9.17) is 28.6 Å². The lowest BCUT2D eigenvalue weighted by Gasteiger charge is -2.19. The molecule has 0 aromatic heterocycles. The average molecular weight is 344 g/mol. The number of carbonyl (C=O) groups excluding carboxylic acids is 1. The van der Waals surface area contributed by atoms with Gasteiger partial charge in [-0.3, -0.25) is 0 Å². The number of anilines is 1. The van der Waals surface area contributed by atoms with Gasteiger partial charge in [-0.05, 0) is 57.6 Å². The van der Waals surface area contributed by atoms with Crippen molar-refractivity contribution in [2.24, 2.45) is 0 Å². The summed E-state index contributed by atoms with van der Waals surface area (Å²) in [6.45, 7) is 8.28. The van der Waals surface area contributed by atoms with Gasteiger partial charge < -0.3 is 20.7 Å². The third-order valence-electron chi connectivity index (χ3n) is 2.51. The second kappa shape index (κ2) is 8.19. The van der Waals surface area contributed by atoms with E-state index in [9.17, 15) is 4.79 Å². The van der Waals surface area contributed by atoms with Gasteiger partial charge in [0.2, 0.25) is 0 Å². The molecule has 0 aliphatic carbocycles. The van der Waals surface area contributed by atoms with Crippen LogP contribution >= 0.6 is 23.8 Å². The number of ether oxygens (including phenoxy) is 1. The molecule has 7 heteroatoms. The Labute approximate surface area is 141 Å². The second-order valence-corrected chi connectivity index (χ2v) is 6.59. The number of rotatable bonds is 4. The molecule has 0 bridgehead atoms. The van der Waals surface area contributed by atoms with Gasteiger partial charge in [0.05, 0.1) is 0 Å².